The van der Waals surface area contributed by atoms with Crippen LogP contribution in [0.25, 0.3) is 0 Å². The molecule has 28 heteroatoms. The van der Waals surface area contributed by atoms with Crippen molar-refractivity contribution in [2.45, 2.75) is 241 Å². The lowest BCUT2D eigenvalue weighted by atomic mass is 9.81. The highest BCUT2D eigenvalue weighted by molar-refractivity contribution is 6.31. The molecule has 101 heavy (non-hydrogen) atoms. The number of likely N-dealkylation sites (N-methyl/N-ethyl adjacent to an activating group) is 7. The van der Waals surface area contributed by atoms with Crippen LogP contribution in [-0.4, -0.2) is 251 Å². The van der Waals surface area contributed by atoms with Gasteiger partial charge in [0, 0.05) is 69.0 Å². The van der Waals surface area contributed by atoms with Crippen LogP contribution in [0.2, 0.25) is 5.02 Å². The number of carbonyl (C=O) groups is 12. The molecule has 562 valence electrons. The number of benzene rings is 1. The van der Waals surface area contributed by atoms with Crippen molar-refractivity contribution in [2.24, 2.45) is 23.7 Å². The van der Waals surface area contributed by atoms with E-state index in [2.05, 4.69) is 16.0 Å². The highest BCUT2D eigenvalue weighted by atomic mass is 35.5. The first-order valence-corrected chi connectivity index (χ1v) is 37.4. The molecule has 3 N–H and O–H groups in total. The van der Waals surface area contributed by atoms with Crippen molar-refractivity contribution in [3.63, 3.8) is 0 Å². The molecule has 0 aromatic heterocycles. The van der Waals surface area contributed by atoms with Gasteiger partial charge in [-0.1, -0.05) is 115 Å². The van der Waals surface area contributed by atoms with Crippen LogP contribution in [0.3, 0.4) is 0 Å². The number of aryl methyl sites for hydroxylation is 1. The first kappa shape index (κ1) is 79.6. The van der Waals surface area contributed by atoms with Crippen LogP contribution in [0, 0.1) is 23.7 Å². The normalized spacial score (nSPS) is 27.5. The molecule has 0 radical (unpaired) electrons. The lowest BCUT2D eigenvalue weighted by Crippen LogP contribution is -2.65. The zero-order valence-electron chi connectivity index (χ0n) is 60.9. The number of nitrogens with one attached hydrogen (secondary N) is 3. The number of rotatable bonds is 11. The summed E-state index contributed by atoms with van der Waals surface area (Å²) in [7, 11) is 10.1. The number of hydrogen-bond acceptors (Lipinski definition) is 12. The van der Waals surface area contributed by atoms with Crippen LogP contribution in [0.4, 0.5) is 13.2 Å². The summed E-state index contributed by atoms with van der Waals surface area (Å²) >= 11 is 6.17. The summed E-state index contributed by atoms with van der Waals surface area (Å²) in [6.07, 6.45) is 8.96. The van der Waals surface area contributed by atoms with Crippen LogP contribution < -0.4 is 16.0 Å². The van der Waals surface area contributed by atoms with Crippen molar-refractivity contribution < 1.29 is 70.7 Å². The van der Waals surface area contributed by atoms with Gasteiger partial charge in [0.05, 0.1) is 36.6 Å². The average molecular weight is 1440 g/mol. The molecule has 8 atom stereocenters. The van der Waals surface area contributed by atoms with Gasteiger partial charge in [0.1, 0.15) is 47.8 Å². The second-order valence-electron chi connectivity index (χ2n) is 30.2. The summed E-state index contributed by atoms with van der Waals surface area (Å²) in [5, 5.41) is 8.24. The molecule has 0 bridgehead atoms. The van der Waals surface area contributed by atoms with Gasteiger partial charge >= 0.3 is 6.18 Å². The molecule has 12 amide bonds. The Hall–Kier alpha value is -7.06. The van der Waals surface area contributed by atoms with Crippen molar-refractivity contribution in [2.75, 3.05) is 88.6 Å². The number of alkyl halides is 3. The minimum atomic E-state index is -4.76. The molecule has 4 saturated carbocycles. The van der Waals surface area contributed by atoms with Crippen LogP contribution >= 0.6 is 11.6 Å². The highest BCUT2D eigenvalue weighted by Gasteiger charge is 2.52. The largest absolute Gasteiger partial charge is 0.417 e. The van der Waals surface area contributed by atoms with Gasteiger partial charge in [-0.15, -0.1) is 0 Å². The average Bonchev–Trinajstić information content (AvgIpc) is 1.73. The molecule has 24 nitrogen and oxygen atoms in total. The van der Waals surface area contributed by atoms with Gasteiger partial charge in [0.2, 0.25) is 70.9 Å². The highest BCUT2D eigenvalue weighted by Crippen LogP contribution is 2.39. The molecule has 1 aromatic carbocycles. The summed E-state index contributed by atoms with van der Waals surface area (Å²) in [6.45, 7) is 2.79. The van der Waals surface area contributed by atoms with Crippen molar-refractivity contribution in [1.82, 2.24) is 60.0 Å². The van der Waals surface area contributed by atoms with Crippen LogP contribution in [0.15, 0.2) is 18.2 Å². The quantitative estimate of drug-likeness (QED) is 0.224. The van der Waals surface area contributed by atoms with Gasteiger partial charge in [-0.05, 0) is 125 Å². The summed E-state index contributed by atoms with van der Waals surface area (Å²) < 4.78 is 41.7. The van der Waals surface area contributed by atoms with E-state index in [1.807, 2.05) is 6.92 Å². The monoisotopic (exact) mass is 1440 g/mol. The fourth-order valence-corrected chi connectivity index (χ4v) is 16.4. The number of likely N-dealkylation sites (tertiary alicyclic amines) is 1. The molecular weight excluding hydrogens is 1330 g/mol. The molecule has 7 fully saturated rings. The molecule has 0 unspecified atom stereocenters. The van der Waals surface area contributed by atoms with Gasteiger partial charge in [-0.25, -0.2) is 0 Å². The van der Waals surface area contributed by atoms with E-state index in [1.54, 1.807) is 11.8 Å². The fourth-order valence-electron chi connectivity index (χ4n) is 16.1. The zero-order valence-corrected chi connectivity index (χ0v) is 61.6. The molecule has 3 saturated heterocycles. The summed E-state index contributed by atoms with van der Waals surface area (Å²) in [6, 6.07) is -5.39. The zero-order chi connectivity index (χ0) is 73.8. The number of carbonyl (C=O) groups excluding carboxylic acids is 12. The Morgan fingerprint density at radius 1 is 0.594 bits per heavy atom. The van der Waals surface area contributed by atoms with Gasteiger partial charge in [0.25, 0.3) is 0 Å². The third-order valence-electron chi connectivity index (χ3n) is 22.9. The number of fused-ring (bicyclic) bond motifs is 1. The molecule has 7 aliphatic rings. The van der Waals surface area contributed by atoms with Gasteiger partial charge < -0.3 is 60.0 Å². The molecule has 8 rings (SSSR count). The third-order valence-corrected chi connectivity index (χ3v) is 23.2. The number of amides is 12. The van der Waals surface area contributed by atoms with Gasteiger partial charge in [-0.2, -0.15) is 13.2 Å². The van der Waals surface area contributed by atoms with E-state index in [0.29, 0.717) is 70.0 Å². The third kappa shape index (κ3) is 20.0. The maximum Gasteiger partial charge on any atom is 0.417 e. The lowest BCUT2D eigenvalue weighted by molar-refractivity contribution is -0.157. The standard InChI is InChI=1S/C73H110ClF3N12O12/c1-10-46(2)62-69(99)83(5)44-60(92)81(3)45-61(93)85(7)56(41-47-23-14-11-15-24-47)67(97)82(4)43-58(90)78-53(33-31-48-30-32-51(52(74)39-48)73(75,76)77)66(96)89-38-22-27-54(89)65(95)80-72(34-18-19-35-72)71(101)87(9)63(50-25-16-12-17-26-50)70(100)86(8)57(68(98)88-36-20-13-21-37-88)42-59(91)84(6)55(64(94)79-62)40-49-28-29-49/h30,32,39,46-47,49-50,53-57,62-63H,10-29,31,33-38,40-45H2,1-9H3,(H,78,90)(H,79,94)(H,80,95)/t46-,53-,54-,55-,56-,57-,62-,63-/m0/s1. The number of hydrogen-bond donors (Lipinski definition) is 3. The Labute approximate surface area is 598 Å². The Bertz CT molecular complexity index is 3170. The molecule has 4 aliphatic carbocycles. The van der Waals surface area contributed by atoms with E-state index in [4.69, 9.17) is 11.6 Å². The minimum Gasteiger partial charge on any atom is -0.343 e. The molecule has 1 spiro atoms. The summed E-state index contributed by atoms with van der Waals surface area (Å²) in [5.41, 5.74) is -2.33. The van der Waals surface area contributed by atoms with Crippen molar-refractivity contribution in [3.8, 4) is 0 Å². The number of nitrogens with zero attached hydrogens (tertiary/aromatic N) is 9. The summed E-state index contributed by atoms with van der Waals surface area (Å²) in [4.78, 5) is 191. The van der Waals surface area contributed by atoms with E-state index in [9.17, 15) is 41.9 Å². The number of piperidine rings is 1. The predicted molar refractivity (Wildman–Crippen MR) is 371 cm³/mol. The predicted octanol–water partition coefficient (Wildman–Crippen LogP) is 6.18. The van der Waals surface area contributed by atoms with E-state index >= 15 is 28.8 Å². The maximum atomic E-state index is 15.8. The topological polar surface area (TPSA) is 270 Å². The second-order valence-corrected chi connectivity index (χ2v) is 30.6. The fraction of sp³-hybridized carbons (Fsp3) is 0.753. The molecular formula is C73H110ClF3N12O12. The maximum absolute atomic E-state index is 15.8. The van der Waals surface area contributed by atoms with E-state index < -0.39 is 173 Å². The van der Waals surface area contributed by atoms with E-state index in [1.165, 1.54) is 84.8 Å². The van der Waals surface area contributed by atoms with Gasteiger partial charge in [-0.3, -0.25) is 57.5 Å². The van der Waals surface area contributed by atoms with Crippen molar-refractivity contribution in [1.29, 1.82) is 0 Å². The smallest absolute Gasteiger partial charge is 0.343 e. The SMILES string of the molecule is CC[C@H](C)[C@@H]1NC(=O)[C@H](CC2CC2)N(C)C(=O)C[C@@H](C(=O)N2CCCCC2)N(C)C(=O)[C@H](C2CCCCC2)N(C)C(=O)C2(CCCC2)NC(=O)[C@@H]2CCCN2C(=O)[C@H](CCc2ccc(C(F)(F)F)c(Cl)c2)NC(=O)CN(C)C(=O)[C@H](CC2CCCCC2)N(C)C(=O)CN(C)C(=O)CN(C)C1=O. The minimum absolute atomic E-state index is 0.0229. The Kier molecular flexibility index (Phi) is 27.9. The lowest BCUT2D eigenvalue weighted by Gasteiger charge is -2.43. The summed E-state index contributed by atoms with van der Waals surface area (Å²) in [5.74, 6) is -8.26. The Morgan fingerprint density at radius 3 is 1.79 bits per heavy atom. The van der Waals surface area contributed by atoms with Crippen molar-refractivity contribution >= 4 is 82.5 Å². The van der Waals surface area contributed by atoms with Crippen LogP contribution in [-0.2, 0) is 70.1 Å². The first-order valence-electron chi connectivity index (χ1n) is 37.0. The second kappa shape index (κ2) is 35.4. The Morgan fingerprint density at radius 2 is 1.18 bits per heavy atom. The van der Waals surface area contributed by atoms with Crippen molar-refractivity contribution in [3.05, 3.63) is 34.3 Å². The number of halogens is 4. The molecule has 3 heterocycles. The van der Waals surface area contributed by atoms with Crippen LogP contribution in [0.5, 0.6) is 0 Å². The van der Waals surface area contributed by atoms with Gasteiger partial charge in [0.15, 0.2) is 0 Å². The molecule has 1 aromatic rings. The van der Waals surface area contributed by atoms with Crippen LogP contribution in [0.1, 0.15) is 192 Å². The molecule has 3 aliphatic heterocycles. The first-order chi connectivity index (χ1) is 47.8. The van der Waals surface area contributed by atoms with E-state index in [0.717, 1.165) is 92.6 Å². The van der Waals surface area contributed by atoms with E-state index in [-0.39, 0.29) is 63.3 Å². The Balaban J connectivity index is 1.17.